The van der Waals surface area contributed by atoms with Gasteiger partial charge in [0.25, 0.3) is 0 Å². The first-order valence-electron chi connectivity index (χ1n) is 7.00. The monoisotopic (exact) mass is 274 g/mol. The SMILES string of the molecule is CC(C)NCNc1ccc(C2=NNC(=O)CC2C)cc1. The summed E-state index contributed by atoms with van der Waals surface area (Å²) in [5.74, 6) is 0.143. The molecule has 1 aromatic rings. The second-order valence-corrected chi connectivity index (χ2v) is 5.43. The molecule has 0 fully saturated rings. The third-order valence-electron chi connectivity index (χ3n) is 3.24. The van der Waals surface area contributed by atoms with Crippen molar-refractivity contribution < 1.29 is 4.79 Å². The molecule has 0 radical (unpaired) electrons. The normalized spacial score (nSPS) is 18.7. The molecule has 0 aromatic heterocycles. The first-order chi connectivity index (χ1) is 9.56. The molecular formula is C15H22N4O. The number of nitrogens with one attached hydrogen (secondary N) is 3. The van der Waals surface area contributed by atoms with Crippen LogP contribution in [0.5, 0.6) is 0 Å². The summed E-state index contributed by atoms with van der Waals surface area (Å²) in [7, 11) is 0. The van der Waals surface area contributed by atoms with E-state index < -0.39 is 0 Å². The standard InChI is InChI=1S/C15H22N4O/c1-10(2)16-9-17-13-6-4-12(5-7-13)15-11(3)8-14(20)18-19-15/h4-7,10-11,16-17H,8-9H2,1-3H3,(H,18,20). The molecule has 0 spiro atoms. The highest BCUT2D eigenvalue weighted by molar-refractivity contribution is 6.05. The summed E-state index contributed by atoms with van der Waals surface area (Å²) >= 11 is 0. The molecule has 0 bridgehead atoms. The fourth-order valence-electron chi connectivity index (χ4n) is 2.12. The van der Waals surface area contributed by atoms with Gasteiger partial charge in [-0.25, -0.2) is 5.43 Å². The van der Waals surface area contributed by atoms with Crippen LogP contribution in [0, 0.1) is 5.92 Å². The molecule has 0 aliphatic carbocycles. The van der Waals surface area contributed by atoms with E-state index in [1.165, 1.54) is 0 Å². The van der Waals surface area contributed by atoms with Crippen molar-refractivity contribution in [2.24, 2.45) is 11.0 Å². The van der Waals surface area contributed by atoms with Crippen LogP contribution < -0.4 is 16.1 Å². The zero-order chi connectivity index (χ0) is 14.5. The van der Waals surface area contributed by atoms with E-state index >= 15 is 0 Å². The van der Waals surface area contributed by atoms with E-state index in [-0.39, 0.29) is 11.8 Å². The van der Waals surface area contributed by atoms with Crippen molar-refractivity contribution >= 4 is 17.3 Å². The van der Waals surface area contributed by atoms with Gasteiger partial charge in [-0.1, -0.05) is 19.1 Å². The molecule has 1 amide bonds. The van der Waals surface area contributed by atoms with E-state index in [9.17, 15) is 4.79 Å². The number of hydrogen-bond donors (Lipinski definition) is 3. The topological polar surface area (TPSA) is 65.5 Å². The third-order valence-corrected chi connectivity index (χ3v) is 3.24. The fraction of sp³-hybridized carbons (Fsp3) is 0.467. The van der Waals surface area contributed by atoms with Gasteiger partial charge in [0.15, 0.2) is 0 Å². The molecule has 0 saturated carbocycles. The van der Waals surface area contributed by atoms with Crippen LogP contribution in [-0.4, -0.2) is 24.3 Å². The van der Waals surface area contributed by atoms with Crippen LogP contribution in [0.25, 0.3) is 0 Å². The molecule has 5 nitrogen and oxygen atoms in total. The molecule has 1 aliphatic heterocycles. The van der Waals surface area contributed by atoms with Gasteiger partial charge in [0.1, 0.15) is 0 Å². The summed E-state index contributed by atoms with van der Waals surface area (Å²) in [6.45, 7) is 6.99. The summed E-state index contributed by atoms with van der Waals surface area (Å²) in [5, 5.41) is 10.8. The summed E-state index contributed by atoms with van der Waals surface area (Å²) in [6, 6.07) is 8.59. The number of carbonyl (C=O) groups is 1. The van der Waals surface area contributed by atoms with Crippen LogP contribution in [0.3, 0.4) is 0 Å². The lowest BCUT2D eigenvalue weighted by Crippen LogP contribution is -2.32. The highest BCUT2D eigenvalue weighted by Crippen LogP contribution is 2.18. The molecule has 2 rings (SSSR count). The van der Waals surface area contributed by atoms with Gasteiger partial charge in [-0.05, 0) is 31.5 Å². The lowest BCUT2D eigenvalue weighted by Gasteiger charge is -2.19. The largest absolute Gasteiger partial charge is 0.372 e. The molecule has 5 heteroatoms. The molecule has 1 atom stereocenters. The second-order valence-electron chi connectivity index (χ2n) is 5.43. The lowest BCUT2D eigenvalue weighted by molar-refractivity contribution is -0.121. The molecule has 108 valence electrons. The number of anilines is 1. The van der Waals surface area contributed by atoms with E-state index in [0.717, 1.165) is 23.6 Å². The Morgan fingerprint density at radius 3 is 2.65 bits per heavy atom. The molecule has 0 saturated heterocycles. The maximum Gasteiger partial charge on any atom is 0.240 e. The van der Waals surface area contributed by atoms with E-state index in [1.54, 1.807) is 0 Å². The van der Waals surface area contributed by atoms with Crippen LogP contribution >= 0.6 is 0 Å². The number of carbonyl (C=O) groups excluding carboxylic acids is 1. The number of rotatable bonds is 5. The molecule has 1 aromatic carbocycles. The first-order valence-corrected chi connectivity index (χ1v) is 7.00. The minimum atomic E-state index is -0.0145. The van der Waals surface area contributed by atoms with Gasteiger partial charge in [-0.3, -0.25) is 10.1 Å². The van der Waals surface area contributed by atoms with E-state index in [4.69, 9.17) is 0 Å². The number of benzene rings is 1. The van der Waals surface area contributed by atoms with Crippen LogP contribution in [0.15, 0.2) is 29.4 Å². The maximum absolute atomic E-state index is 11.2. The van der Waals surface area contributed by atoms with Gasteiger partial charge in [0, 0.05) is 24.1 Å². The van der Waals surface area contributed by atoms with Crippen LogP contribution in [0.1, 0.15) is 32.8 Å². The third kappa shape index (κ3) is 3.81. The van der Waals surface area contributed by atoms with Crippen molar-refractivity contribution in [2.45, 2.75) is 33.2 Å². The Hall–Kier alpha value is -1.88. The average molecular weight is 274 g/mol. The van der Waals surface area contributed by atoms with Crippen LogP contribution in [0.4, 0.5) is 5.69 Å². The maximum atomic E-state index is 11.2. The number of hydrazone groups is 1. The Bertz CT molecular complexity index is 493. The van der Waals surface area contributed by atoms with Crippen molar-refractivity contribution in [3.8, 4) is 0 Å². The predicted molar refractivity (Wildman–Crippen MR) is 81.7 cm³/mol. The summed E-state index contributed by atoms with van der Waals surface area (Å²) in [4.78, 5) is 11.2. The molecule has 1 unspecified atom stereocenters. The first kappa shape index (κ1) is 14.5. The van der Waals surface area contributed by atoms with Crippen molar-refractivity contribution in [2.75, 3.05) is 12.0 Å². The smallest absolute Gasteiger partial charge is 0.240 e. The van der Waals surface area contributed by atoms with Gasteiger partial charge in [-0.2, -0.15) is 5.10 Å². The van der Waals surface area contributed by atoms with E-state index in [0.29, 0.717) is 12.5 Å². The van der Waals surface area contributed by atoms with Gasteiger partial charge in [0.2, 0.25) is 5.91 Å². The highest BCUT2D eigenvalue weighted by Gasteiger charge is 2.21. The Morgan fingerprint density at radius 2 is 2.05 bits per heavy atom. The van der Waals surface area contributed by atoms with Crippen molar-refractivity contribution in [1.82, 2.24) is 10.7 Å². The lowest BCUT2D eigenvalue weighted by atomic mass is 9.94. The highest BCUT2D eigenvalue weighted by atomic mass is 16.2. The van der Waals surface area contributed by atoms with Gasteiger partial charge in [-0.15, -0.1) is 0 Å². The summed E-state index contributed by atoms with van der Waals surface area (Å²) in [5.41, 5.74) is 5.61. The van der Waals surface area contributed by atoms with Crippen molar-refractivity contribution in [1.29, 1.82) is 0 Å². The molecule has 1 aliphatic rings. The zero-order valence-corrected chi connectivity index (χ0v) is 12.2. The van der Waals surface area contributed by atoms with Crippen molar-refractivity contribution in [3.05, 3.63) is 29.8 Å². The molecular weight excluding hydrogens is 252 g/mol. The van der Waals surface area contributed by atoms with E-state index in [2.05, 4.69) is 35.0 Å². The predicted octanol–water partition coefficient (Wildman–Crippen LogP) is 1.91. The minimum absolute atomic E-state index is 0.0145. The Labute approximate surface area is 119 Å². The Kier molecular flexibility index (Phi) is 4.74. The summed E-state index contributed by atoms with van der Waals surface area (Å²) < 4.78 is 0. The number of hydrogen-bond acceptors (Lipinski definition) is 4. The van der Waals surface area contributed by atoms with Crippen LogP contribution in [-0.2, 0) is 4.79 Å². The average Bonchev–Trinajstić information content (AvgIpc) is 2.39. The second kappa shape index (κ2) is 6.52. The van der Waals surface area contributed by atoms with Gasteiger partial charge >= 0.3 is 0 Å². The molecule has 3 N–H and O–H groups in total. The van der Waals surface area contributed by atoms with E-state index in [1.807, 2.05) is 31.2 Å². The Morgan fingerprint density at radius 1 is 1.35 bits per heavy atom. The van der Waals surface area contributed by atoms with Gasteiger partial charge < -0.3 is 5.32 Å². The fourth-order valence-corrected chi connectivity index (χ4v) is 2.12. The van der Waals surface area contributed by atoms with Gasteiger partial charge in [0.05, 0.1) is 12.4 Å². The Balaban J connectivity index is 1.99. The van der Waals surface area contributed by atoms with Crippen molar-refractivity contribution in [3.63, 3.8) is 0 Å². The zero-order valence-electron chi connectivity index (χ0n) is 12.2. The molecule has 20 heavy (non-hydrogen) atoms. The minimum Gasteiger partial charge on any atom is -0.372 e. The molecule has 1 heterocycles. The van der Waals surface area contributed by atoms with Crippen LogP contribution in [0.2, 0.25) is 0 Å². The quantitative estimate of drug-likeness (QED) is 0.719. The number of nitrogens with zero attached hydrogens (tertiary/aromatic N) is 1. The number of amides is 1. The summed E-state index contributed by atoms with van der Waals surface area (Å²) in [6.07, 6.45) is 0.497.